The summed E-state index contributed by atoms with van der Waals surface area (Å²) in [4.78, 5) is 0. The third kappa shape index (κ3) is 1.69. The molecule has 1 aliphatic rings. The Morgan fingerprint density at radius 1 is 1.13 bits per heavy atom. The fraction of sp³-hybridized carbons (Fsp3) is 0.455. The van der Waals surface area contributed by atoms with E-state index in [1.807, 2.05) is 0 Å². The maximum Gasteiger partial charge on any atom is 0.162 e. The lowest BCUT2D eigenvalue weighted by molar-refractivity contribution is 0.397. The Morgan fingerprint density at radius 2 is 1.67 bits per heavy atom. The highest BCUT2D eigenvalue weighted by molar-refractivity contribution is 5.39. The van der Waals surface area contributed by atoms with Gasteiger partial charge in [0.2, 0.25) is 0 Å². The Balaban J connectivity index is 2.48. The summed E-state index contributed by atoms with van der Waals surface area (Å²) >= 11 is 0. The fourth-order valence-electron chi connectivity index (χ4n) is 2.21. The summed E-state index contributed by atoms with van der Waals surface area (Å²) in [5.41, 5.74) is 5.67. The number of phenols is 1. The molecule has 82 valence electrons. The molecule has 2 nitrogen and oxygen atoms in total. The second-order valence-corrected chi connectivity index (χ2v) is 4.15. The number of halogens is 2. The van der Waals surface area contributed by atoms with Crippen molar-refractivity contribution in [3.8, 4) is 5.75 Å². The predicted octanol–water partition coefficient (Wildman–Crippen LogP) is 2.40. The van der Waals surface area contributed by atoms with E-state index in [9.17, 15) is 13.9 Å². The molecule has 4 heteroatoms. The van der Waals surface area contributed by atoms with Crippen molar-refractivity contribution in [2.24, 2.45) is 5.73 Å². The van der Waals surface area contributed by atoms with Gasteiger partial charge in [-0.25, -0.2) is 8.78 Å². The number of nitrogens with two attached hydrogens (primary N) is 1. The smallest absolute Gasteiger partial charge is 0.162 e. The highest BCUT2D eigenvalue weighted by atomic mass is 19.2. The molecule has 0 amide bonds. The number of benzene rings is 1. The normalized spacial score (nSPS) is 19.4. The van der Waals surface area contributed by atoms with Crippen molar-refractivity contribution >= 4 is 0 Å². The standard InChI is InChI=1S/C11H13F2NO/c12-8-5-7(10(15)6-9(8)13)11(14)3-1-2-4-11/h5-6,15H,1-4,14H2. The first-order chi connectivity index (χ1) is 7.03. The summed E-state index contributed by atoms with van der Waals surface area (Å²) < 4.78 is 25.8. The monoisotopic (exact) mass is 213 g/mol. The van der Waals surface area contributed by atoms with Crippen LogP contribution in [-0.4, -0.2) is 5.11 Å². The first kappa shape index (κ1) is 10.4. The molecular weight excluding hydrogens is 200 g/mol. The van der Waals surface area contributed by atoms with Crippen molar-refractivity contribution < 1.29 is 13.9 Å². The summed E-state index contributed by atoms with van der Waals surface area (Å²) in [5, 5.41) is 9.55. The van der Waals surface area contributed by atoms with Crippen molar-refractivity contribution in [2.45, 2.75) is 31.2 Å². The summed E-state index contributed by atoms with van der Waals surface area (Å²) in [5.74, 6) is -2.25. The average Bonchev–Trinajstić information content (AvgIpc) is 2.60. The van der Waals surface area contributed by atoms with E-state index >= 15 is 0 Å². The number of hydrogen-bond acceptors (Lipinski definition) is 2. The Morgan fingerprint density at radius 3 is 2.27 bits per heavy atom. The highest BCUT2D eigenvalue weighted by Gasteiger charge is 2.34. The summed E-state index contributed by atoms with van der Waals surface area (Å²) in [6.45, 7) is 0. The second kappa shape index (κ2) is 3.45. The molecule has 0 aromatic heterocycles. The number of phenolic OH excluding ortho intramolecular Hbond substituents is 1. The third-order valence-electron chi connectivity index (χ3n) is 3.07. The van der Waals surface area contributed by atoms with E-state index in [-0.39, 0.29) is 5.75 Å². The van der Waals surface area contributed by atoms with E-state index in [0.717, 1.165) is 25.0 Å². The van der Waals surface area contributed by atoms with E-state index in [4.69, 9.17) is 5.73 Å². The van der Waals surface area contributed by atoms with Gasteiger partial charge in [0.15, 0.2) is 11.6 Å². The average molecular weight is 213 g/mol. The van der Waals surface area contributed by atoms with Crippen molar-refractivity contribution in [1.29, 1.82) is 0 Å². The quantitative estimate of drug-likeness (QED) is 0.752. The highest BCUT2D eigenvalue weighted by Crippen LogP contribution is 2.40. The van der Waals surface area contributed by atoms with Gasteiger partial charge in [0.25, 0.3) is 0 Å². The van der Waals surface area contributed by atoms with Gasteiger partial charge in [0, 0.05) is 17.2 Å². The molecule has 3 N–H and O–H groups in total. The van der Waals surface area contributed by atoms with Crippen LogP contribution in [0.1, 0.15) is 31.2 Å². The van der Waals surface area contributed by atoms with Gasteiger partial charge < -0.3 is 10.8 Å². The molecule has 0 radical (unpaired) electrons. The molecule has 0 atom stereocenters. The largest absolute Gasteiger partial charge is 0.507 e. The van der Waals surface area contributed by atoms with Gasteiger partial charge in [-0.1, -0.05) is 12.8 Å². The van der Waals surface area contributed by atoms with E-state index in [0.29, 0.717) is 18.4 Å². The van der Waals surface area contributed by atoms with Crippen molar-refractivity contribution in [3.63, 3.8) is 0 Å². The van der Waals surface area contributed by atoms with E-state index in [1.165, 1.54) is 0 Å². The lowest BCUT2D eigenvalue weighted by Crippen LogP contribution is -2.33. The van der Waals surface area contributed by atoms with E-state index in [2.05, 4.69) is 0 Å². The Bertz CT molecular complexity index is 386. The SMILES string of the molecule is NC1(c2cc(F)c(F)cc2O)CCCC1. The minimum absolute atomic E-state index is 0.252. The maximum absolute atomic E-state index is 13.0. The number of aromatic hydroxyl groups is 1. The van der Waals surface area contributed by atoms with Crippen LogP contribution in [0.5, 0.6) is 5.75 Å². The predicted molar refractivity (Wildman–Crippen MR) is 52.4 cm³/mol. The van der Waals surface area contributed by atoms with Gasteiger partial charge >= 0.3 is 0 Å². The summed E-state index contributed by atoms with van der Waals surface area (Å²) in [6, 6.07) is 1.80. The van der Waals surface area contributed by atoms with Crippen LogP contribution in [-0.2, 0) is 5.54 Å². The molecule has 15 heavy (non-hydrogen) atoms. The minimum atomic E-state index is -1.04. The minimum Gasteiger partial charge on any atom is -0.507 e. The van der Waals surface area contributed by atoms with E-state index < -0.39 is 17.2 Å². The third-order valence-corrected chi connectivity index (χ3v) is 3.07. The van der Waals surface area contributed by atoms with Crippen LogP contribution in [0.4, 0.5) is 8.78 Å². The van der Waals surface area contributed by atoms with Crippen LogP contribution in [0.2, 0.25) is 0 Å². The molecule has 1 aliphatic carbocycles. The topological polar surface area (TPSA) is 46.2 Å². The van der Waals surface area contributed by atoms with Gasteiger partial charge in [-0.15, -0.1) is 0 Å². The van der Waals surface area contributed by atoms with Crippen LogP contribution in [0.3, 0.4) is 0 Å². The molecule has 0 saturated heterocycles. The van der Waals surface area contributed by atoms with Crippen molar-refractivity contribution in [3.05, 3.63) is 29.3 Å². The van der Waals surface area contributed by atoms with Crippen molar-refractivity contribution in [1.82, 2.24) is 0 Å². The van der Waals surface area contributed by atoms with Gasteiger partial charge in [-0.05, 0) is 18.9 Å². The van der Waals surface area contributed by atoms with Gasteiger partial charge in [0.05, 0.1) is 0 Å². The lowest BCUT2D eigenvalue weighted by Gasteiger charge is -2.25. The van der Waals surface area contributed by atoms with Crippen molar-refractivity contribution in [2.75, 3.05) is 0 Å². The molecule has 2 rings (SSSR count). The Hall–Kier alpha value is -1.16. The van der Waals surface area contributed by atoms with Gasteiger partial charge in [-0.3, -0.25) is 0 Å². The van der Waals surface area contributed by atoms with Gasteiger partial charge in [-0.2, -0.15) is 0 Å². The molecule has 0 spiro atoms. The van der Waals surface area contributed by atoms with E-state index in [1.54, 1.807) is 0 Å². The maximum atomic E-state index is 13.0. The summed E-state index contributed by atoms with van der Waals surface area (Å²) in [7, 11) is 0. The molecular formula is C11H13F2NO. The van der Waals surface area contributed by atoms with Crippen LogP contribution in [0.25, 0.3) is 0 Å². The molecule has 0 unspecified atom stereocenters. The lowest BCUT2D eigenvalue weighted by atomic mass is 9.88. The van der Waals surface area contributed by atoms with Crippen LogP contribution >= 0.6 is 0 Å². The molecule has 0 heterocycles. The Kier molecular flexibility index (Phi) is 2.38. The molecule has 1 fully saturated rings. The molecule has 0 aliphatic heterocycles. The number of rotatable bonds is 1. The van der Waals surface area contributed by atoms with Gasteiger partial charge in [0.1, 0.15) is 5.75 Å². The zero-order valence-corrected chi connectivity index (χ0v) is 8.26. The summed E-state index contributed by atoms with van der Waals surface area (Å²) in [6.07, 6.45) is 3.31. The molecule has 1 aromatic carbocycles. The molecule has 1 aromatic rings. The van der Waals surface area contributed by atoms with Crippen LogP contribution in [0.15, 0.2) is 12.1 Å². The van der Waals surface area contributed by atoms with Crippen LogP contribution < -0.4 is 5.73 Å². The molecule has 0 bridgehead atoms. The second-order valence-electron chi connectivity index (χ2n) is 4.15. The number of hydrogen-bond donors (Lipinski definition) is 2. The first-order valence-corrected chi connectivity index (χ1v) is 5.00. The first-order valence-electron chi connectivity index (χ1n) is 5.00. The van der Waals surface area contributed by atoms with Crippen LogP contribution in [0, 0.1) is 11.6 Å². The Labute approximate surface area is 86.7 Å². The molecule has 1 saturated carbocycles. The zero-order valence-electron chi connectivity index (χ0n) is 8.26. The fourth-order valence-corrected chi connectivity index (χ4v) is 2.21. The zero-order chi connectivity index (χ0) is 11.1.